The number of esters is 2. The first-order chi connectivity index (χ1) is 17.0. The third-order valence-electron chi connectivity index (χ3n) is 6.20. The minimum Gasteiger partial charge on any atom is -0.423 e. The first kappa shape index (κ1) is 24.4. The number of carbonyl (C=O) groups excluding carboxylic acids is 3. The van der Waals surface area contributed by atoms with Gasteiger partial charge in [-0.05, 0) is 73.2 Å². The number of fused-ring (bicyclic) bond motifs is 1. The van der Waals surface area contributed by atoms with Gasteiger partial charge >= 0.3 is 11.9 Å². The van der Waals surface area contributed by atoms with Gasteiger partial charge in [0, 0.05) is 12.0 Å². The predicted octanol–water partition coefficient (Wildman–Crippen LogP) is 6.55. The predicted molar refractivity (Wildman–Crippen MR) is 135 cm³/mol. The highest BCUT2D eigenvalue weighted by molar-refractivity contribution is 6.03. The van der Waals surface area contributed by atoms with Crippen LogP contribution < -0.4 is 9.47 Å². The van der Waals surface area contributed by atoms with E-state index in [0.717, 1.165) is 36.8 Å². The molecule has 1 aliphatic carbocycles. The molecular formula is C30H30O5. The third kappa shape index (κ3) is 5.68. The molecule has 1 aliphatic rings. The van der Waals surface area contributed by atoms with Gasteiger partial charge in [0.1, 0.15) is 11.5 Å². The summed E-state index contributed by atoms with van der Waals surface area (Å²) >= 11 is 0. The van der Waals surface area contributed by atoms with Crippen LogP contribution >= 0.6 is 0 Å². The number of ketones is 1. The van der Waals surface area contributed by atoms with Crippen LogP contribution in [0.15, 0.2) is 60.7 Å². The second kappa shape index (κ2) is 11.1. The van der Waals surface area contributed by atoms with Crippen LogP contribution in [0.3, 0.4) is 0 Å². The molecule has 0 unspecified atom stereocenters. The van der Waals surface area contributed by atoms with Crippen LogP contribution in [0, 0.1) is 0 Å². The van der Waals surface area contributed by atoms with Crippen molar-refractivity contribution in [2.45, 2.75) is 58.8 Å². The van der Waals surface area contributed by atoms with Gasteiger partial charge in [-0.15, -0.1) is 0 Å². The monoisotopic (exact) mass is 470 g/mol. The van der Waals surface area contributed by atoms with Gasteiger partial charge in [0.05, 0.1) is 16.7 Å². The van der Waals surface area contributed by atoms with Crippen molar-refractivity contribution in [1.82, 2.24) is 0 Å². The molecule has 0 bridgehead atoms. The van der Waals surface area contributed by atoms with Crippen LogP contribution in [0.2, 0.25) is 0 Å². The minimum atomic E-state index is -0.523. The van der Waals surface area contributed by atoms with E-state index in [1.165, 1.54) is 0 Å². The Kier molecular flexibility index (Phi) is 7.76. The van der Waals surface area contributed by atoms with Crippen molar-refractivity contribution in [3.05, 3.63) is 94.0 Å². The number of ether oxygens (including phenoxy) is 2. The first-order valence-electron chi connectivity index (χ1n) is 12.3. The Labute approximate surface area is 206 Å². The molecule has 0 spiro atoms. The lowest BCUT2D eigenvalue weighted by Crippen LogP contribution is -2.18. The molecule has 35 heavy (non-hydrogen) atoms. The average molecular weight is 471 g/mol. The summed E-state index contributed by atoms with van der Waals surface area (Å²) in [6.07, 6.45) is 5.53. The number of benzene rings is 3. The second-order valence-electron chi connectivity index (χ2n) is 8.87. The fraction of sp³-hybridized carbons (Fsp3) is 0.300. The lowest BCUT2D eigenvalue weighted by Gasteiger charge is -2.21. The van der Waals surface area contributed by atoms with Gasteiger partial charge in [-0.25, -0.2) is 9.59 Å². The SMILES string of the molecule is CCCc1ccc(C(=O)Oc2ccc(OC(=O)c3ccc(CCC)cc3)c3c2CCCC3=O)cc1. The smallest absolute Gasteiger partial charge is 0.343 e. The standard InChI is InChI=1S/C30H30O5/c1-3-6-20-10-14-22(15-11-20)29(32)34-26-18-19-27(28-24(26)8-5-9-25(28)31)35-30(33)23-16-12-21(7-4-2)13-17-23/h10-19H,3-9H2,1-2H3. The average Bonchev–Trinajstić information content (AvgIpc) is 2.86. The molecule has 3 aromatic carbocycles. The van der Waals surface area contributed by atoms with E-state index < -0.39 is 11.9 Å². The van der Waals surface area contributed by atoms with Crippen molar-refractivity contribution >= 4 is 17.7 Å². The van der Waals surface area contributed by atoms with E-state index in [-0.39, 0.29) is 11.5 Å². The normalized spacial score (nSPS) is 12.7. The third-order valence-corrected chi connectivity index (χ3v) is 6.20. The topological polar surface area (TPSA) is 69.7 Å². The van der Waals surface area contributed by atoms with E-state index in [2.05, 4.69) is 13.8 Å². The molecule has 0 N–H and O–H groups in total. The van der Waals surface area contributed by atoms with Crippen LogP contribution in [-0.4, -0.2) is 17.7 Å². The molecule has 0 radical (unpaired) electrons. The molecule has 180 valence electrons. The molecule has 0 aromatic heterocycles. The summed E-state index contributed by atoms with van der Waals surface area (Å²) in [5.74, 6) is -0.583. The molecule has 0 fully saturated rings. The molecule has 4 rings (SSSR count). The molecule has 5 nitrogen and oxygen atoms in total. The fourth-order valence-electron chi connectivity index (χ4n) is 4.40. The van der Waals surface area contributed by atoms with Gasteiger partial charge in [-0.2, -0.15) is 0 Å². The zero-order chi connectivity index (χ0) is 24.8. The Morgan fingerprint density at radius 1 is 0.686 bits per heavy atom. The van der Waals surface area contributed by atoms with E-state index in [1.807, 2.05) is 24.3 Å². The summed E-state index contributed by atoms with van der Waals surface area (Å²) in [6.45, 7) is 4.21. The molecule has 0 saturated heterocycles. The summed E-state index contributed by atoms with van der Waals surface area (Å²) in [5.41, 5.74) is 4.13. The summed E-state index contributed by atoms with van der Waals surface area (Å²) in [6, 6.07) is 17.8. The Hall–Kier alpha value is -3.73. The summed E-state index contributed by atoms with van der Waals surface area (Å²) in [5, 5.41) is 0. The highest BCUT2D eigenvalue weighted by Crippen LogP contribution is 2.37. The summed E-state index contributed by atoms with van der Waals surface area (Å²) < 4.78 is 11.3. The molecule has 0 aliphatic heterocycles. The molecule has 0 amide bonds. The zero-order valence-corrected chi connectivity index (χ0v) is 20.3. The van der Waals surface area contributed by atoms with Gasteiger partial charge in [0.2, 0.25) is 0 Å². The molecule has 3 aromatic rings. The Morgan fingerprint density at radius 3 is 1.69 bits per heavy atom. The van der Waals surface area contributed by atoms with E-state index in [0.29, 0.717) is 47.3 Å². The van der Waals surface area contributed by atoms with Crippen molar-refractivity contribution < 1.29 is 23.9 Å². The van der Waals surface area contributed by atoms with Crippen molar-refractivity contribution in [2.75, 3.05) is 0 Å². The van der Waals surface area contributed by atoms with Crippen LogP contribution in [0.4, 0.5) is 0 Å². The first-order valence-corrected chi connectivity index (χ1v) is 12.3. The number of rotatable bonds is 8. The summed E-state index contributed by atoms with van der Waals surface area (Å²) in [4.78, 5) is 38.4. The van der Waals surface area contributed by atoms with Gasteiger partial charge < -0.3 is 9.47 Å². The molecule has 5 heteroatoms. The number of hydrogen-bond acceptors (Lipinski definition) is 5. The summed E-state index contributed by atoms with van der Waals surface area (Å²) in [7, 11) is 0. The van der Waals surface area contributed by atoms with Gasteiger partial charge in [-0.1, -0.05) is 51.0 Å². The molecular weight excluding hydrogens is 440 g/mol. The lowest BCUT2D eigenvalue weighted by molar-refractivity contribution is 0.0713. The van der Waals surface area contributed by atoms with E-state index in [1.54, 1.807) is 36.4 Å². The Balaban J connectivity index is 1.56. The molecule has 0 atom stereocenters. The van der Waals surface area contributed by atoms with Gasteiger partial charge in [0.25, 0.3) is 0 Å². The van der Waals surface area contributed by atoms with Crippen molar-refractivity contribution in [1.29, 1.82) is 0 Å². The van der Waals surface area contributed by atoms with Gasteiger partial charge in [0.15, 0.2) is 5.78 Å². The Bertz CT molecular complexity index is 1220. The van der Waals surface area contributed by atoms with Crippen LogP contribution in [0.1, 0.15) is 87.3 Å². The maximum atomic E-state index is 12.8. The highest BCUT2D eigenvalue weighted by atomic mass is 16.5. The van der Waals surface area contributed by atoms with E-state index in [4.69, 9.17) is 9.47 Å². The lowest BCUT2D eigenvalue weighted by atomic mass is 9.89. The largest absolute Gasteiger partial charge is 0.423 e. The van der Waals surface area contributed by atoms with E-state index >= 15 is 0 Å². The minimum absolute atomic E-state index is 0.117. The van der Waals surface area contributed by atoms with E-state index in [9.17, 15) is 14.4 Å². The Morgan fingerprint density at radius 2 is 1.17 bits per heavy atom. The highest BCUT2D eigenvalue weighted by Gasteiger charge is 2.27. The van der Waals surface area contributed by atoms with Crippen molar-refractivity contribution in [3.63, 3.8) is 0 Å². The molecule has 0 heterocycles. The maximum absolute atomic E-state index is 12.8. The van der Waals surface area contributed by atoms with Crippen molar-refractivity contribution in [2.24, 2.45) is 0 Å². The second-order valence-corrected chi connectivity index (χ2v) is 8.87. The number of hydrogen-bond donors (Lipinski definition) is 0. The van der Waals surface area contributed by atoms with Crippen LogP contribution in [0.5, 0.6) is 11.5 Å². The number of carbonyl (C=O) groups is 3. The van der Waals surface area contributed by atoms with Crippen LogP contribution in [0.25, 0.3) is 0 Å². The zero-order valence-electron chi connectivity index (χ0n) is 20.3. The number of aryl methyl sites for hydroxylation is 2. The number of Topliss-reactive ketones (excluding diaryl/α,β-unsaturated/α-hetero) is 1. The van der Waals surface area contributed by atoms with Crippen LogP contribution in [-0.2, 0) is 19.3 Å². The fourth-order valence-corrected chi connectivity index (χ4v) is 4.40. The maximum Gasteiger partial charge on any atom is 0.343 e. The van der Waals surface area contributed by atoms with Crippen molar-refractivity contribution in [3.8, 4) is 11.5 Å². The quantitative estimate of drug-likeness (QED) is 0.276. The van der Waals surface area contributed by atoms with Gasteiger partial charge in [-0.3, -0.25) is 4.79 Å². The molecule has 0 saturated carbocycles.